The Morgan fingerprint density at radius 1 is 1.14 bits per heavy atom. The van der Waals surface area contributed by atoms with Crippen LogP contribution in [0.1, 0.15) is 25.8 Å². The molecule has 0 amide bonds. The lowest BCUT2D eigenvalue weighted by Crippen LogP contribution is -2.10. The highest BCUT2D eigenvalue weighted by atomic mass is 16.3. The number of amidine groups is 1. The first-order valence-electron chi connectivity index (χ1n) is 9.55. The van der Waals surface area contributed by atoms with Crippen LogP contribution < -0.4 is 10.6 Å². The van der Waals surface area contributed by atoms with E-state index in [1.54, 1.807) is 24.5 Å². The van der Waals surface area contributed by atoms with Crippen LogP contribution in [0.15, 0.2) is 72.4 Å². The van der Waals surface area contributed by atoms with E-state index in [2.05, 4.69) is 30.2 Å². The molecule has 150 valence electrons. The Balaban J connectivity index is 1.54. The van der Waals surface area contributed by atoms with Gasteiger partial charge in [-0.15, -0.1) is 0 Å². The molecule has 0 radical (unpaired) electrons. The number of nitrogens with one attached hydrogen (secondary N) is 2. The Labute approximate surface area is 170 Å². The van der Waals surface area contributed by atoms with Gasteiger partial charge >= 0.3 is 0 Å². The summed E-state index contributed by atoms with van der Waals surface area (Å²) in [4.78, 5) is 13.0. The van der Waals surface area contributed by atoms with Gasteiger partial charge in [-0.2, -0.15) is 0 Å². The second-order valence-electron chi connectivity index (χ2n) is 6.66. The fourth-order valence-electron chi connectivity index (χ4n) is 2.79. The predicted octanol–water partition coefficient (Wildman–Crippen LogP) is 4.38. The number of benzene rings is 1. The minimum Gasteiger partial charge on any atom is -0.507 e. The number of imidazole rings is 1. The highest BCUT2D eigenvalue weighted by Gasteiger charge is 2.02. The number of aliphatic imine (C=N–C) groups is 1. The fourth-order valence-corrected chi connectivity index (χ4v) is 2.79. The molecule has 0 atom stereocenters. The molecule has 0 aliphatic carbocycles. The number of aromatic nitrogens is 3. The van der Waals surface area contributed by atoms with Gasteiger partial charge in [0.25, 0.3) is 0 Å². The third kappa shape index (κ3) is 6.21. The Bertz CT molecular complexity index is 978. The van der Waals surface area contributed by atoms with Crippen LogP contribution >= 0.6 is 0 Å². The van der Waals surface area contributed by atoms with Crippen molar-refractivity contribution in [1.29, 1.82) is 0 Å². The zero-order chi connectivity index (χ0) is 20.5. The minimum atomic E-state index is 0.246. The molecule has 0 fully saturated rings. The third-order valence-electron chi connectivity index (χ3n) is 4.30. The molecule has 0 bridgehead atoms. The van der Waals surface area contributed by atoms with Gasteiger partial charge in [-0.1, -0.05) is 24.3 Å². The van der Waals surface area contributed by atoms with Gasteiger partial charge in [0.15, 0.2) is 0 Å². The van der Waals surface area contributed by atoms with E-state index in [1.165, 1.54) is 0 Å². The topological polar surface area (TPSA) is 87.4 Å². The lowest BCUT2D eigenvalue weighted by atomic mass is 10.1. The van der Waals surface area contributed by atoms with Gasteiger partial charge in [0, 0.05) is 37.2 Å². The number of pyridine rings is 1. The monoisotopic (exact) mass is 390 g/mol. The van der Waals surface area contributed by atoms with Crippen molar-refractivity contribution in [2.75, 3.05) is 17.2 Å². The lowest BCUT2D eigenvalue weighted by molar-refractivity contribution is 0.473. The third-order valence-corrected chi connectivity index (χ3v) is 4.30. The number of rotatable bonds is 8. The van der Waals surface area contributed by atoms with Crippen LogP contribution in [0.2, 0.25) is 0 Å². The van der Waals surface area contributed by atoms with Crippen molar-refractivity contribution in [3.63, 3.8) is 0 Å². The highest BCUT2D eigenvalue weighted by molar-refractivity contribution is 5.93. The Kier molecular flexibility index (Phi) is 7.00. The predicted molar refractivity (Wildman–Crippen MR) is 118 cm³/mol. The molecule has 29 heavy (non-hydrogen) atoms. The summed E-state index contributed by atoms with van der Waals surface area (Å²) in [5.74, 6) is 2.49. The number of hydrogen-bond donors (Lipinski definition) is 3. The average Bonchev–Trinajstić information content (AvgIpc) is 3.24. The molecule has 1 aromatic carbocycles. The molecule has 3 N–H and O–H groups in total. The van der Waals surface area contributed by atoms with E-state index in [9.17, 15) is 5.11 Å². The smallest absolute Gasteiger partial charge is 0.133 e. The zero-order valence-corrected chi connectivity index (χ0v) is 16.7. The number of para-hydroxylation sites is 1. The van der Waals surface area contributed by atoms with Crippen molar-refractivity contribution >= 4 is 23.0 Å². The lowest BCUT2D eigenvalue weighted by Gasteiger charge is -2.09. The molecule has 7 nitrogen and oxygen atoms in total. The molecule has 0 unspecified atom stereocenters. The van der Waals surface area contributed by atoms with Crippen LogP contribution in [0, 0.1) is 0 Å². The Morgan fingerprint density at radius 2 is 1.97 bits per heavy atom. The summed E-state index contributed by atoms with van der Waals surface area (Å²) in [7, 11) is 0. The van der Waals surface area contributed by atoms with Gasteiger partial charge in [0.1, 0.15) is 23.2 Å². The van der Waals surface area contributed by atoms with Gasteiger partial charge in [-0.05, 0) is 44.0 Å². The number of aromatic hydroxyl groups is 1. The number of phenols is 1. The molecule has 0 saturated carbocycles. The molecule has 7 heteroatoms. The normalized spacial score (nSPS) is 12.1. The molecule has 0 spiro atoms. The summed E-state index contributed by atoms with van der Waals surface area (Å²) in [6.07, 6.45) is 8.27. The van der Waals surface area contributed by atoms with Crippen LogP contribution in [-0.2, 0) is 6.54 Å². The van der Waals surface area contributed by atoms with Crippen LogP contribution in [0.5, 0.6) is 5.75 Å². The zero-order valence-electron chi connectivity index (χ0n) is 16.7. The van der Waals surface area contributed by atoms with Crippen LogP contribution in [0.4, 0.5) is 11.6 Å². The van der Waals surface area contributed by atoms with Crippen molar-refractivity contribution in [1.82, 2.24) is 14.5 Å². The number of hydrogen-bond acceptors (Lipinski definition) is 5. The maximum absolute atomic E-state index is 9.93. The molecule has 2 heterocycles. The van der Waals surface area contributed by atoms with E-state index in [4.69, 9.17) is 0 Å². The van der Waals surface area contributed by atoms with Gasteiger partial charge in [-0.3, -0.25) is 0 Å². The first-order chi connectivity index (χ1) is 14.1. The van der Waals surface area contributed by atoms with Crippen molar-refractivity contribution in [3.05, 3.63) is 72.9 Å². The van der Waals surface area contributed by atoms with Gasteiger partial charge in [-0.25, -0.2) is 15.0 Å². The Morgan fingerprint density at radius 3 is 2.76 bits per heavy atom. The standard InChI is InChI=1S/C22H26N6O/c1-17(19-7-3-4-8-20(19)29)15-25-18(2)26-22-10-5-9-21(27-22)24-11-6-13-28-14-12-23-16-28/h3-5,7-10,12,14-16,29H,6,11,13H2,1-2H3,(H2,24,25,26,27)/b17-15+. The maximum atomic E-state index is 9.93. The van der Waals surface area contributed by atoms with Crippen LogP contribution in [-0.4, -0.2) is 32.0 Å². The number of allylic oxidation sites excluding steroid dienone is 1. The molecule has 0 aliphatic heterocycles. The van der Waals surface area contributed by atoms with E-state index in [0.29, 0.717) is 5.84 Å². The summed E-state index contributed by atoms with van der Waals surface area (Å²) in [5.41, 5.74) is 1.65. The Hall–Kier alpha value is -3.61. The van der Waals surface area contributed by atoms with Crippen LogP contribution in [0.25, 0.3) is 5.57 Å². The number of nitrogens with zero attached hydrogens (tertiary/aromatic N) is 4. The summed E-state index contributed by atoms with van der Waals surface area (Å²) >= 11 is 0. The average molecular weight is 390 g/mol. The van der Waals surface area contributed by atoms with Gasteiger partial charge < -0.3 is 20.3 Å². The first-order valence-corrected chi connectivity index (χ1v) is 9.55. The molecule has 0 aliphatic rings. The highest BCUT2D eigenvalue weighted by Crippen LogP contribution is 2.23. The fraction of sp³-hybridized carbons (Fsp3) is 0.227. The van der Waals surface area contributed by atoms with Crippen molar-refractivity contribution < 1.29 is 5.11 Å². The second-order valence-corrected chi connectivity index (χ2v) is 6.66. The first kappa shape index (κ1) is 20.1. The molecule has 3 rings (SSSR count). The van der Waals surface area contributed by atoms with E-state index in [1.807, 2.05) is 56.7 Å². The van der Waals surface area contributed by atoms with Gasteiger partial charge in [0.05, 0.1) is 6.33 Å². The number of anilines is 2. The van der Waals surface area contributed by atoms with Crippen molar-refractivity contribution in [2.24, 2.45) is 4.99 Å². The molecule has 3 aromatic rings. The maximum Gasteiger partial charge on any atom is 0.133 e. The molecule has 2 aromatic heterocycles. The summed E-state index contributed by atoms with van der Waals surface area (Å²) in [6.45, 7) is 5.53. The van der Waals surface area contributed by atoms with E-state index in [0.717, 1.165) is 42.3 Å². The van der Waals surface area contributed by atoms with E-state index < -0.39 is 0 Å². The minimum absolute atomic E-state index is 0.246. The molecule has 0 saturated heterocycles. The quantitative estimate of drug-likeness (QED) is 0.302. The summed E-state index contributed by atoms with van der Waals surface area (Å²) in [6, 6.07) is 13.0. The van der Waals surface area contributed by atoms with Crippen molar-refractivity contribution in [3.8, 4) is 5.75 Å². The number of phenolic OH excluding ortho intramolecular Hbond substituents is 1. The van der Waals surface area contributed by atoms with E-state index >= 15 is 0 Å². The molecular formula is C22H26N6O. The van der Waals surface area contributed by atoms with Gasteiger partial charge in [0.2, 0.25) is 0 Å². The van der Waals surface area contributed by atoms with E-state index in [-0.39, 0.29) is 5.75 Å². The molecular weight excluding hydrogens is 364 g/mol. The SMILES string of the molecule is CC(=N/C=C(\C)c1ccccc1O)Nc1cccc(NCCCn2ccnc2)n1. The number of aryl methyl sites for hydroxylation is 1. The largest absolute Gasteiger partial charge is 0.507 e. The van der Waals surface area contributed by atoms with Crippen LogP contribution in [0.3, 0.4) is 0 Å². The van der Waals surface area contributed by atoms with Crippen molar-refractivity contribution in [2.45, 2.75) is 26.8 Å². The second kappa shape index (κ2) is 10.1. The summed E-state index contributed by atoms with van der Waals surface area (Å²) in [5, 5.41) is 16.5. The summed E-state index contributed by atoms with van der Waals surface area (Å²) < 4.78 is 2.05.